The summed E-state index contributed by atoms with van der Waals surface area (Å²) in [6.45, 7) is 0. The molecule has 0 aliphatic heterocycles. The number of nitro benzene ring substituents is 1. The van der Waals surface area contributed by atoms with Crippen LogP contribution in [0, 0.1) is 10.1 Å². The molecule has 8 heteroatoms. The number of rotatable bonds is 3. The van der Waals surface area contributed by atoms with Crippen molar-refractivity contribution < 1.29 is 9.66 Å². The molecule has 1 heterocycles. The van der Waals surface area contributed by atoms with E-state index in [-0.39, 0.29) is 21.8 Å². The highest BCUT2D eigenvalue weighted by molar-refractivity contribution is 9.11. The molecule has 0 aliphatic rings. The maximum absolute atomic E-state index is 10.8. The number of halogens is 3. The molecule has 0 bridgehead atoms. The molecule has 0 aliphatic carbocycles. The number of hydrogen-bond donors (Lipinski definition) is 0. The van der Waals surface area contributed by atoms with Crippen molar-refractivity contribution in [2.75, 3.05) is 0 Å². The Bertz CT molecular complexity index is 652. The first kappa shape index (κ1) is 14.2. The molecule has 5 nitrogen and oxygen atoms in total. The van der Waals surface area contributed by atoms with E-state index in [1.54, 1.807) is 12.1 Å². The summed E-state index contributed by atoms with van der Waals surface area (Å²) in [6, 6.07) is 6.09. The van der Waals surface area contributed by atoms with Crippen molar-refractivity contribution in [3.8, 4) is 11.6 Å². The standard InChI is InChI=1S/C11H5Br2ClN2O3/c12-6-4-7(14)11(15-5-6)19-9-3-1-2-8(10(9)13)16(17)18/h1-5H. The number of nitrogens with zero attached hydrogens (tertiary/aromatic N) is 2. The van der Waals surface area contributed by atoms with Crippen LogP contribution in [0.2, 0.25) is 5.02 Å². The maximum Gasteiger partial charge on any atom is 0.287 e. The Balaban J connectivity index is 2.38. The second-order valence-electron chi connectivity index (χ2n) is 3.39. The van der Waals surface area contributed by atoms with Crippen LogP contribution >= 0.6 is 43.5 Å². The first-order valence-corrected chi connectivity index (χ1v) is 6.87. The van der Waals surface area contributed by atoms with Crippen LogP contribution in [-0.2, 0) is 0 Å². The Morgan fingerprint density at radius 1 is 1.37 bits per heavy atom. The zero-order chi connectivity index (χ0) is 14.0. The number of hydrogen-bond acceptors (Lipinski definition) is 4. The van der Waals surface area contributed by atoms with Gasteiger partial charge in [0.2, 0.25) is 5.88 Å². The predicted octanol–water partition coefficient (Wildman–Crippen LogP) is 4.96. The molecule has 0 saturated carbocycles. The molecule has 98 valence electrons. The molecule has 1 aromatic carbocycles. The van der Waals surface area contributed by atoms with Gasteiger partial charge in [0.05, 0.1) is 4.92 Å². The van der Waals surface area contributed by atoms with E-state index in [9.17, 15) is 10.1 Å². The van der Waals surface area contributed by atoms with E-state index in [1.807, 2.05) is 0 Å². The van der Waals surface area contributed by atoms with Crippen molar-refractivity contribution in [3.63, 3.8) is 0 Å². The van der Waals surface area contributed by atoms with Crippen molar-refractivity contribution in [1.29, 1.82) is 0 Å². The van der Waals surface area contributed by atoms with Gasteiger partial charge in [-0.1, -0.05) is 17.7 Å². The van der Waals surface area contributed by atoms with Gasteiger partial charge >= 0.3 is 0 Å². The van der Waals surface area contributed by atoms with Crippen LogP contribution in [-0.4, -0.2) is 9.91 Å². The van der Waals surface area contributed by atoms with Crippen LogP contribution in [0.5, 0.6) is 11.6 Å². The molecule has 19 heavy (non-hydrogen) atoms. The molecule has 0 amide bonds. The van der Waals surface area contributed by atoms with E-state index in [2.05, 4.69) is 36.8 Å². The van der Waals surface area contributed by atoms with Crippen LogP contribution in [0.3, 0.4) is 0 Å². The monoisotopic (exact) mass is 406 g/mol. The highest BCUT2D eigenvalue weighted by Gasteiger charge is 2.17. The molecule has 2 aromatic rings. The first-order valence-electron chi connectivity index (χ1n) is 4.91. The van der Waals surface area contributed by atoms with E-state index in [1.165, 1.54) is 18.3 Å². The largest absolute Gasteiger partial charge is 0.436 e. The van der Waals surface area contributed by atoms with Gasteiger partial charge in [-0.15, -0.1) is 0 Å². The van der Waals surface area contributed by atoms with Gasteiger partial charge in [-0.3, -0.25) is 10.1 Å². The van der Waals surface area contributed by atoms with Gasteiger partial charge in [-0.25, -0.2) is 4.98 Å². The van der Waals surface area contributed by atoms with Crippen LogP contribution in [0.1, 0.15) is 0 Å². The number of benzene rings is 1. The summed E-state index contributed by atoms with van der Waals surface area (Å²) in [5.41, 5.74) is -0.0919. The van der Waals surface area contributed by atoms with Gasteiger partial charge in [-0.2, -0.15) is 0 Å². The topological polar surface area (TPSA) is 65.3 Å². The van der Waals surface area contributed by atoms with E-state index in [0.29, 0.717) is 9.50 Å². The molecule has 0 fully saturated rings. The minimum Gasteiger partial charge on any atom is -0.436 e. The smallest absolute Gasteiger partial charge is 0.287 e. The Kier molecular flexibility index (Phi) is 4.38. The minimum atomic E-state index is -0.506. The fourth-order valence-corrected chi connectivity index (χ4v) is 2.46. The summed E-state index contributed by atoms with van der Waals surface area (Å²) in [5, 5.41) is 11.1. The lowest BCUT2D eigenvalue weighted by molar-refractivity contribution is -0.385. The summed E-state index contributed by atoms with van der Waals surface area (Å²) >= 11 is 12.3. The summed E-state index contributed by atoms with van der Waals surface area (Å²) in [7, 11) is 0. The number of nitro groups is 1. The second-order valence-corrected chi connectivity index (χ2v) is 5.50. The zero-order valence-corrected chi connectivity index (χ0v) is 13.1. The molecule has 0 unspecified atom stereocenters. The average molecular weight is 408 g/mol. The van der Waals surface area contributed by atoms with E-state index < -0.39 is 4.92 Å². The third-order valence-corrected chi connectivity index (χ3v) is 3.62. The predicted molar refractivity (Wildman–Crippen MR) is 77.8 cm³/mol. The Morgan fingerprint density at radius 2 is 2.11 bits per heavy atom. The molecule has 1 aromatic heterocycles. The lowest BCUT2D eigenvalue weighted by Crippen LogP contribution is -1.94. The van der Waals surface area contributed by atoms with E-state index in [0.717, 1.165) is 0 Å². The van der Waals surface area contributed by atoms with Gasteiger partial charge in [0.1, 0.15) is 9.50 Å². The lowest BCUT2D eigenvalue weighted by atomic mass is 10.3. The number of pyridine rings is 1. The normalized spacial score (nSPS) is 10.3. The second kappa shape index (κ2) is 5.85. The summed E-state index contributed by atoms with van der Waals surface area (Å²) in [5.74, 6) is 0.442. The molecule has 0 N–H and O–H groups in total. The summed E-state index contributed by atoms with van der Waals surface area (Å²) in [4.78, 5) is 14.3. The lowest BCUT2D eigenvalue weighted by Gasteiger charge is -2.08. The van der Waals surface area contributed by atoms with E-state index >= 15 is 0 Å². The van der Waals surface area contributed by atoms with Gasteiger partial charge < -0.3 is 4.74 Å². The van der Waals surface area contributed by atoms with Gasteiger partial charge in [0.15, 0.2) is 5.75 Å². The minimum absolute atomic E-state index is 0.0919. The van der Waals surface area contributed by atoms with Gasteiger partial charge in [0, 0.05) is 16.7 Å². The quantitative estimate of drug-likeness (QED) is 0.532. The van der Waals surface area contributed by atoms with Crippen LogP contribution in [0.4, 0.5) is 5.69 Å². The van der Waals surface area contributed by atoms with Crippen LogP contribution in [0.25, 0.3) is 0 Å². The summed E-state index contributed by atoms with van der Waals surface area (Å²) < 4.78 is 6.42. The molecular formula is C11H5Br2ClN2O3. The third-order valence-electron chi connectivity index (χ3n) is 2.12. The fraction of sp³-hybridized carbons (Fsp3) is 0. The maximum atomic E-state index is 10.8. The highest BCUT2D eigenvalue weighted by Crippen LogP contribution is 2.37. The van der Waals surface area contributed by atoms with Crippen LogP contribution in [0.15, 0.2) is 39.4 Å². The van der Waals surface area contributed by atoms with Crippen molar-refractivity contribution in [1.82, 2.24) is 4.98 Å². The fourth-order valence-electron chi connectivity index (χ4n) is 1.30. The van der Waals surface area contributed by atoms with Crippen molar-refractivity contribution in [2.45, 2.75) is 0 Å². The third kappa shape index (κ3) is 3.23. The number of aromatic nitrogens is 1. The molecular weight excluding hydrogens is 403 g/mol. The van der Waals surface area contributed by atoms with Crippen LogP contribution < -0.4 is 4.74 Å². The SMILES string of the molecule is O=[N+]([O-])c1cccc(Oc2ncc(Br)cc2Cl)c1Br. The van der Waals surface area contributed by atoms with Crippen molar-refractivity contribution in [3.05, 3.63) is 54.5 Å². The zero-order valence-electron chi connectivity index (χ0n) is 9.14. The van der Waals surface area contributed by atoms with Crippen molar-refractivity contribution in [2.24, 2.45) is 0 Å². The molecule has 2 rings (SSSR count). The highest BCUT2D eigenvalue weighted by atomic mass is 79.9. The Morgan fingerprint density at radius 3 is 2.74 bits per heavy atom. The Hall–Kier alpha value is -1.18. The van der Waals surface area contributed by atoms with Crippen molar-refractivity contribution >= 4 is 49.1 Å². The van der Waals surface area contributed by atoms with Gasteiger partial charge in [0.25, 0.3) is 5.69 Å². The molecule has 0 saturated heterocycles. The molecule has 0 spiro atoms. The molecule has 0 radical (unpaired) electrons. The van der Waals surface area contributed by atoms with Gasteiger partial charge in [-0.05, 0) is 44.0 Å². The molecule has 0 atom stereocenters. The first-order chi connectivity index (χ1) is 8.99. The summed E-state index contributed by atoms with van der Waals surface area (Å²) in [6.07, 6.45) is 1.52. The van der Waals surface area contributed by atoms with E-state index in [4.69, 9.17) is 16.3 Å². The number of ether oxygens (including phenoxy) is 1. The average Bonchev–Trinajstić information content (AvgIpc) is 2.34. The Labute approximate surface area is 130 Å².